The topological polar surface area (TPSA) is 55.8 Å². The number of rotatable bonds is 3. The van der Waals surface area contributed by atoms with Gasteiger partial charge in [0.1, 0.15) is 5.41 Å². The molecule has 2 aliphatic rings. The zero-order valence-electron chi connectivity index (χ0n) is 10.5. The van der Waals surface area contributed by atoms with E-state index in [0.29, 0.717) is 45.5 Å². The third kappa shape index (κ3) is 2.08. The largest absolute Gasteiger partial charge is 0.465 e. The summed E-state index contributed by atoms with van der Waals surface area (Å²) in [5.74, 6) is -0.229. The summed E-state index contributed by atoms with van der Waals surface area (Å²) in [5.41, 5.74) is -1.60. The Labute approximate surface area is 102 Å². The van der Waals surface area contributed by atoms with Crippen LogP contribution in [0.5, 0.6) is 0 Å². The molecule has 0 spiro atoms. The van der Waals surface area contributed by atoms with Gasteiger partial charge in [0.15, 0.2) is 0 Å². The van der Waals surface area contributed by atoms with E-state index in [4.69, 9.17) is 9.47 Å². The van der Waals surface area contributed by atoms with Gasteiger partial charge < -0.3 is 14.6 Å². The second kappa shape index (κ2) is 4.94. The van der Waals surface area contributed by atoms with Gasteiger partial charge in [0.25, 0.3) is 0 Å². The van der Waals surface area contributed by atoms with Gasteiger partial charge in [0.05, 0.1) is 12.2 Å². The van der Waals surface area contributed by atoms with Crippen LogP contribution in [0, 0.1) is 5.41 Å². The average molecular weight is 242 g/mol. The predicted octanol–water partition coefficient (Wildman–Crippen LogP) is 1.65. The molecule has 0 aromatic heterocycles. The van der Waals surface area contributed by atoms with Crippen LogP contribution in [0.2, 0.25) is 0 Å². The van der Waals surface area contributed by atoms with Crippen LogP contribution in [0.1, 0.15) is 45.4 Å². The van der Waals surface area contributed by atoms with E-state index in [1.807, 2.05) is 6.92 Å². The molecule has 0 bridgehead atoms. The summed E-state index contributed by atoms with van der Waals surface area (Å²) in [6, 6.07) is 0. The summed E-state index contributed by atoms with van der Waals surface area (Å²) < 4.78 is 10.5. The normalized spacial score (nSPS) is 26.7. The highest BCUT2D eigenvalue weighted by molar-refractivity contribution is 5.78. The van der Waals surface area contributed by atoms with Crippen LogP contribution in [-0.4, -0.2) is 36.5 Å². The van der Waals surface area contributed by atoms with Crippen LogP contribution in [0.15, 0.2) is 0 Å². The Morgan fingerprint density at radius 2 is 1.82 bits per heavy atom. The summed E-state index contributed by atoms with van der Waals surface area (Å²) in [4.78, 5) is 12.3. The molecule has 0 unspecified atom stereocenters. The summed E-state index contributed by atoms with van der Waals surface area (Å²) in [5, 5.41) is 10.8. The lowest BCUT2D eigenvalue weighted by Crippen LogP contribution is -2.55. The SMILES string of the molecule is CCOC(=O)C1(C2(O)CCCC2)CCOCC1. The van der Waals surface area contributed by atoms with E-state index in [1.165, 1.54) is 0 Å². The van der Waals surface area contributed by atoms with Crippen molar-refractivity contribution < 1.29 is 19.4 Å². The second-order valence-electron chi connectivity index (χ2n) is 5.15. The maximum atomic E-state index is 12.3. The monoisotopic (exact) mass is 242 g/mol. The zero-order chi connectivity index (χ0) is 12.4. The molecule has 2 fully saturated rings. The summed E-state index contributed by atoms with van der Waals surface area (Å²) in [6.07, 6.45) is 4.60. The zero-order valence-corrected chi connectivity index (χ0v) is 10.5. The number of aliphatic hydroxyl groups is 1. The Morgan fingerprint density at radius 1 is 1.24 bits per heavy atom. The first-order valence-electron chi connectivity index (χ1n) is 6.62. The molecule has 1 aliphatic heterocycles. The van der Waals surface area contributed by atoms with Crippen LogP contribution >= 0.6 is 0 Å². The maximum Gasteiger partial charge on any atom is 0.315 e. The van der Waals surface area contributed by atoms with E-state index in [0.717, 1.165) is 12.8 Å². The molecule has 1 heterocycles. The predicted molar refractivity (Wildman–Crippen MR) is 62.5 cm³/mol. The molecule has 0 amide bonds. The third-order valence-corrected chi connectivity index (χ3v) is 4.33. The highest BCUT2D eigenvalue weighted by Gasteiger charge is 2.57. The van der Waals surface area contributed by atoms with Gasteiger partial charge in [-0.2, -0.15) is 0 Å². The molecule has 4 nitrogen and oxygen atoms in total. The van der Waals surface area contributed by atoms with Gasteiger partial charge in [-0.15, -0.1) is 0 Å². The van der Waals surface area contributed by atoms with Gasteiger partial charge >= 0.3 is 5.97 Å². The smallest absolute Gasteiger partial charge is 0.315 e. The minimum atomic E-state index is -0.872. The van der Waals surface area contributed by atoms with Crippen molar-refractivity contribution in [3.05, 3.63) is 0 Å². The van der Waals surface area contributed by atoms with Gasteiger partial charge in [0.2, 0.25) is 0 Å². The van der Waals surface area contributed by atoms with Crippen molar-refractivity contribution in [3.8, 4) is 0 Å². The van der Waals surface area contributed by atoms with Gasteiger partial charge in [-0.1, -0.05) is 12.8 Å². The lowest BCUT2D eigenvalue weighted by molar-refractivity contribution is -0.188. The van der Waals surface area contributed by atoms with E-state index < -0.39 is 11.0 Å². The number of carbonyl (C=O) groups is 1. The van der Waals surface area contributed by atoms with Crippen LogP contribution in [0.25, 0.3) is 0 Å². The fraction of sp³-hybridized carbons (Fsp3) is 0.923. The molecule has 1 N–H and O–H groups in total. The average Bonchev–Trinajstić information content (AvgIpc) is 2.79. The lowest BCUT2D eigenvalue weighted by atomic mass is 9.65. The van der Waals surface area contributed by atoms with E-state index >= 15 is 0 Å². The first-order chi connectivity index (χ1) is 8.15. The molecule has 2 rings (SSSR count). The fourth-order valence-electron chi connectivity index (χ4n) is 3.29. The molecule has 98 valence electrons. The van der Waals surface area contributed by atoms with Gasteiger partial charge in [-0.25, -0.2) is 0 Å². The van der Waals surface area contributed by atoms with Crippen molar-refractivity contribution in [1.82, 2.24) is 0 Å². The van der Waals surface area contributed by atoms with Crippen molar-refractivity contribution in [3.63, 3.8) is 0 Å². The Morgan fingerprint density at radius 3 is 2.35 bits per heavy atom. The number of hydrogen-bond donors (Lipinski definition) is 1. The first-order valence-corrected chi connectivity index (χ1v) is 6.62. The van der Waals surface area contributed by atoms with Gasteiger partial charge in [0, 0.05) is 13.2 Å². The molecule has 1 aliphatic carbocycles. The van der Waals surface area contributed by atoms with E-state index in [1.54, 1.807) is 0 Å². The molecule has 0 aromatic carbocycles. The van der Waals surface area contributed by atoms with Crippen molar-refractivity contribution in [2.75, 3.05) is 19.8 Å². The molecular weight excluding hydrogens is 220 g/mol. The molecule has 1 saturated heterocycles. The first kappa shape index (κ1) is 12.8. The van der Waals surface area contributed by atoms with Gasteiger partial charge in [-0.05, 0) is 32.6 Å². The van der Waals surface area contributed by atoms with Crippen molar-refractivity contribution in [2.45, 2.75) is 51.0 Å². The fourth-order valence-corrected chi connectivity index (χ4v) is 3.29. The molecule has 4 heteroatoms. The van der Waals surface area contributed by atoms with Crippen molar-refractivity contribution >= 4 is 5.97 Å². The second-order valence-corrected chi connectivity index (χ2v) is 5.15. The Bertz CT molecular complexity index is 275. The van der Waals surface area contributed by atoms with Crippen LogP contribution in [-0.2, 0) is 14.3 Å². The molecule has 0 radical (unpaired) electrons. The van der Waals surface area contributed by atoms with Crippen molar-refractivity contribution in [1.29, 1.82) is 0 Å². The number of esters is 1. The molecule has 17 heavy (non-hydrogen) atoms. The van der Waals surface area contributed by atoms with E-state index in [9.17, 15) is 9.90 Å². The lowest BCUT2D eigenvalue weighted by Gasteiger charge is -2.45. The highest BCUT2D eigenvalue weighted by atomic mass is 16.5. The standard InChI is InChI=1S/C13H22O4/c1-2-17-11(14)12(7-9-16-10-8-12)13(15)5-3-4-6-13/h15H,2-10H2,1H3. The minimum Gasteiger partial charge on any atom is -0.465 e. The number of carbonyl (C=O) groups excluding carboxylic acids is 1. The Hall–Kier alpha value is -0.610. The van der Waals surface area contributed by atoms with E-state index in [-0.39, 0.29) is 5.97 Å². The highest BCUT2D eigenvalue weighted by Crippen LogP contribution is 2.50. The van der Waals surface area contributed by atoms with E-state index in [2.05, 4.69) is 0 Å². The molecule has 1 saturated carbocycles. The maximum absolute atomic E-state index is 12.3. The van der Waals surface area contributed by atoms with Gasteiger partial charge in [-0.3, -0.25) is 4.79 Å². The molecule has 0 atom stereocenters. The number of ether oxygens (including phenoxy) is 2. The van der Waals surface area contributed by atoms with Crippen LogP contribution < -0.4 is 0 Å². The minimum absolute atomic E-state index is 0.229. The van der Waals surface area contributed by atoms with Crippen LogP contribution in [0.3, 0.4) is 0 Å². The summed E-state index contributed by atoms with van der Waals surface area (Å²) in [7, 11) is 0. The summed E-state index contributed by atoms with van der Waals surface area (Å²) in [6.45, 7) is 3.27. The molecular formula is C13H22O4. The van der Waals surface area contributed by atoms with Crippen LogP contribution in [0.4, 0.5) is 0 Å². The number of hydrogen-bond acceptors (Lipinski definition) is 4. The third-order valence-electron chi connectivity index (χ3n) is 4.33. The quantitative estimate of drug-likeness (QED) is 0.765. The summed E-state index contributed by atoms with van der Waals surface area (Å²) >= 11 is 0. The van der Waals surface area contributed by atoms with Crippen molar-refractivity contribution in [2.24, 2.45) is 5.41 Å². The Kier molecular flexibility index (Phi) is 3.73. The Balaban J connectivity index is 2.25. The molecule has 0 aromatic rings.